The van der Waals surface area contributed by atoms with Crippen LogP contribution in [0.2, 0.25) is 0 Å². The second kappa shape index (κ2) is 9.89. The van der Waals surface area contributed by atoms with E-state index in [0.717, 1.165) is 0 Å². The molecular weight excluding hydrogens is 457 g/mol. The van der Waals surface area contributed by atoms with Crippen molar-refractivity contribution in [2.45, 2.75) is 51.6 Å². The van der Waals surface area contributed by atoms with Gasteiger partial charge in [-0.05, 0) is 58.4 Å². The number of esters is 1. The monoisotopic (exact) mass is 485 g/mol. The Morgan fingerprint density at radius 2 is 1.94 bits per heavy atom. The Balaban J connectivity index is 1.63. The normalized spacial score (nSPS) is 18.4. The molecule has 1 fully saturated rings. The van der Waals surface area contributed by atoms with E-state index in [4.69, 9.17) is 18.4 Å². The van der Waals surface area contributed by atoms with Crippen LogP contribution in [-0.4, -0.2) is 52.4 Å². The smallest absolute Gasteiger partial charge is 0.410 e. The van der Waals surface area contributed by atoms with Crippen molar-refractivity contribution in [2.75, 3.05) is 19.7 Å². The second-order valence-corrected chi connectivity index (χ2v) is 9.34. The summed E-state index contributed by atoms with van der Waals surface area (Å²) >= 11 is 0. The Morgan fingerprint density at radius 3 is 2.63 bits per heavy atom. The summed E-state index contributed by atoms with van der Waals surface area (Å²) in [6.07, 6.45) is 1.34. The Kier molecular flexibility index (Phi) is 6.90. The number of nitrogens with zero attached hydrogens (tertiary/aromatic N) is 3. The third-order valence-electron chi connectivity index (χ3n) is 5.62. The van der Waals surface area contributed by atoms with Gasteiger partial charge in [0.2, 0.25) is 0 Å². The van der Waals surface area contributed by atoms with Gasteiger partial charge in [0.15, 0.2) is 11.6 Å². The Labute approximate surface area is 202 Å². The van der Waals surface area contributed by atoms with Crippen LogP contribution in [0.1, 0.15) is 68.1 Å². The molecule has 186 valence electrons. The van der Waals surface area contributed by atoms with E-state index in [-0.39, 0.29) is 36.5 Å². The summed E-state index contributed by atoms with van der Waals surface area (Å²) in [6.45, 7) is 8.05. The lowest BCUT2D eigenvalue weighted by Crippen LogP contribution is -2.44. The molecule has 2 aromatic heterocycles. The minimum absolute atomic E-state index is 0.0831. The summed E-state index contributed by atoms with van der Waals surface area (Å²) < 4.78 is 35.2. The molecule has 0 saturated carbocycles. The molecule has 0 aliphatic carbocycles. The lowest BCUT2D eigenvalue weighted by Gasteiger charge is -2.36. The number of ether oxygens (including phenoxy) is 2. The first-order valence-electron chi connectivity index (χ1n) is 11.5. The van der Waals surface area contributed by atoms with E-state index in [9.17, 15) is 14.0 Å². The maximum Gasteiger partial charge on any atom is 0.410 e. The number of likely N-dealkylation sites (tertiary alicyclic amines) is 1. The van der Waals surface area contributed by atoms with Gasteiger partial charge < -0.3 is 23.3 Å². The van der Waals surface area contributed by atoms with Crippen LogP contribution in [0.5, 0.6) is 0 Å². The number of halogens is 1. The van der Waals surface area contributed by atoms with Crippen LogP contribution in [0.25, 0.3) is 11.3 Å². The first-order valence-corrected chi connectivity index (χ1v) is 11.5. The van der Waals surface area contributed by atoms with E-state index in [1.165, 1.54) is 18.4 Å². The minimum atomic E-state index is -0.636. The van der Waals surface area contributed by atoms with E-state index >= 15 is 0 Å². The number of amides is 1. The number of oxazole rings is 1. The van der Waals surface area contributed by atoms with Crippen LogP contribution in [0.3, 0.4) is 0 Å². The molecule has 2 unspecified atom stereocenters. The fourth-order valence-corrected chi connectivity index (χ4v) is 4.01. The first kappa shape index (κ1) is 24.4. The maximum atomic E-state index is 13.3. The molecule has 1 amide bonds. The molecule has 2 atom stereocenters. The third kappa shape index (κ3) is 5.70. The highest BCUT2D eigenvalue weighted by Crippen LogP contribution is 2.41. The van der Waals surface area contributed by atoms with Crippen molar-refractivity contribution in [2.24, 2.45) is 0 Å². The number of piperidine rings is 1. The van der Waals surface area contributed by atoms with Gasteiger partial charge in [-0.1, -0.05) is 5.16 Å². The average molecular weight is 486 g/mol. The zero-order chi connectivity index (χ0) is 25.2. The van der Waals surface area contributed by atoms with Gasteiger partial charge in [0.05, 0.1) is 6.61 Å². The molecule has 3 aromatic rings. The number of aromatic nitrogens is 2. The summed E-state index contributed by atoms with van der Waals surface area (Å²) in [6, 6.07) is 7.69. The Hall–Kier alpha value is -3.69. The van der Waals surface area contributed by atoms with Gasteiger partial charge in [0.1, 0.15) is 29.1 Å². The van der Waals surface area contributed by atoms with Crippen LogP contribution in [0.15, 0.2) is 45.5 Å². The van der Waals surface area contributed by atoms with E-state index in [2.05, 4.69) is 10.1 Å². The lowest BCUT2D eigenvalue weighted by atomic mass is 9.83. The predicted molar refractivity (Wildman–Crippen MR) is 122 cm³/mol. The average Bonchev–Trinajstić information content (AvgIpc) is 3.49. The lowest BCUT2D eigenvalue weighted by molar-refractivity contribution is 0.0166. The summed E-state index contributed by atoms with van der Waals surface area (Å²) in [4.78, 5) is 30.8. The number of hydrogen-bond acceptors (Lipinski definition) is 8. The largest absolute Gasteiger partial charge is 0.461 e. The molecular formula is C25H28FN3O6. The van der Waals surface area contributed by atoms with Gasteiger partial charge in [-0.3, -0.25) is 0 Å². The number of benzene rings is 1. The zero-order valence-corrected chi connectivity index (χ0v) is 20.1. The van der Waals surface area contributed by atoms with E-state index in [0.29, 0.717) is 35.9 Å². The third-order valence-corrected chi connectivity index (χ3v) is 5.62. The fraction of sp³-hybridized carbons (Fsp3) is 0.440. The molecule has 1 aromatic carbocycles. The van der Waals surface area contributed by atoms with Crippen LogP contribution in [0.4, 0.5) is 9.18 Å². The van der Waals surface area contributed by atoms with Crippen LogP contribution in [-0.2, 0) is 9.47 Å². The molecule has 1 saturated heterocycles. The molecule has 1 aliphatic rings. The van der Waals surface area contributed by atoms with Crippen LogP contribution in [0, 0.1) is 5.82 Å². The van der Waals surface area contributed by atoms with Crippen molar-refractivity contribution in [3.8, 4) is 11.3 Å². The van der Waals surface area contributed by atoms with E-state index in [1.54, 1.807) is 30.0 Å². The summed E-state index contributed by atoms with van der Waals surface area (Å²) in [5, 5.41) is 4.15. The zero-order valence-electron chi connectivity index (χ0n) is 20.1. The summed E-state index contributed by atoms with van der Waals surface area (Å²) in [5.41, 5.74) is 0.675. The van der Waals surface area contributed by atoms with Gasteiger partial charge in [-0.15, -0.1) is 0 Å². The highest BCUT2D eigenvalue weighted by atomic mass is 19.1. The molecule has 1 aliphatic heterocycles. The highest BCUT2D eigenvalue weighted by Gasteiger charge is 2.40. The van der Waals surface area contributed by atoms with Gasteiger partial charge in [0.25, 0.3) is 0 Å². The predicted octanol–water partition coefficient (Wildman–Crippen LogP) is 5.15. The fourth-order valence-electron chi connectivity index (χ4n) is 4.01. The van der Waals surface area contributed by atoms with Crippen molar-refractivity contribution in [1.82, 2.24) is 15.0 Å². The van der Waals surface area contributed by atoms with Crippen LogP contribution < -0.4 is 0 Å². The molecule has 3 heterocycles. The van der Waals surface area contributed by atoms with Gasteiger partial charge in [-0.25, -0.2) is 19.0 Å². The van der Waals surface area contributed by atoms with E-state index in [1.807, 2.05) is 20.8 Å². The number of rotatable bonds is 5. The van der Waals surface area contributed by atoms with Crippen LogP contribution >= 0.6 is 0 Å². The second-order valence-electron chi connectivity index (χ2n) is 9.34. The standard InChI is InChI=1S/C25H28FN3O6/c1-5-32-23(30)20-14-33-22(27-20)17-10-11-29(24(31)34-25(2,3)4)13-18(17)21-12-19(28-35-21)15-6-8-16(26)9-7-15/h6-9,12,14,17-18H,5,10-11,13H2,1-4H3. The molecule has 10 heteroatoms. The topological polar surface area (TPSA) is 108 Å². The van der Waals surface area contributed by atoms with Gasteiger partial charge in [-0.2, -0.15) is 0 Å². The number of carbonyl (C=O) groups is 2. The molecule has 4 rings (SSSR count). The molecule has 0 bridgehead atoms. The minimum Gasteiger partial charge on any atom is -0.461 e. The van der Waals surface area contributed by atoms with Gasteiger partial charge >= 0.3 is 12.1 Å². The van der Waals surface area contributed by atoms with Crippen molar-refractivity contribution in [1.29, 1.82) is 0 Å². The number of hydrogen-bond donors (Lipinski definition) is 0. The van der Waals surface area contributed by atoms with E-state index < -0.39 is 17.7 Å². The summed E-state index contributed by atoms with van der Waals surface area (Å²) in [7, 11) is 0. The number of carbonyl (C=O) groups excluding carboxylic acids is 2. The highest BCUT2D eigenvalue weighted by molar-refractivity contribution is 5.86. The quantitative estimate of drug-likeness (QED) is 0.457. The first-order chi connectivity index (χ1) is 16.6. The Bertz CT molecular complexity index is 1180. The van der Waals surface area contributed by atoms with Gasteiger partial charge in [0, 0.05) is 36.6 Å². The molecule has 35 heavy (non-hydrogen) atoms. The van der Waals surface area contributed by atoms with Crippen molar-refractivity contribution >= 4 is 12.1 Å². The van der Waals surface area contributed by atoms with Crippen molar-refractivity contribution < 1.29 is 32.4 Å². The van der Waals surface area contributed by atoms with Crippen molar-refractivity contribution in [3.05, 3.63) is 59.8 Å². The summed E-state index contributed by atoms with van der Waals surface area (Å²) in [5.74, 6) is -0.708. The SMILES string of the molecule is CCOC(=O)c1coc(C2CCN(C(=O)OC(C)(C)C)CC2c2cc(-c3ccc(F)cc3)no2)n1. The van der Waals surface area contributed by atoms with Crippen molar-refractivity contribution in [3.63, 3.8) is 0 Å². The molecule has 0 radical (unpaired) electrons. The Morgan fingerprint density at radius 1 is 1.20 bits per heavy atom. The molecule has 9 nitrogen and oxygen atoms in total. The maximum absolute atomic E-state index is 13.3. The molecule has 0 N–H and O–H groups in total. The molecule has 0 spiro atoms.